The maximum Gasteiger partial charge on any atom is 0.290 e. The number of aliphatic hydroxyl groups excluding tert-OH is 3. The van der Waals surface area contributed by atoms with Crippen LogP contribution in [0.15, 0.2) is 23.8 Å². The van der Waals surface area contributed by atoms with Gasteiger partial charge in [0.05, 0.1) is 32.3 Å². The molecule has 2 aliphatic carbocycles. The Morgan fingerprint density at radius 1 is 1.16 bits per heavy atom. The van der Waals surface area contributed by atoms with Crippen LogP contribution in [0.5, 0.6) is 11.5 Å². The maximum absolute atomic E-state index is 13.4. The number of Topliss-reactive ketones (excluding diaryl/α,β-unsaturated/α-hetero) is 1. The van der Waals surface area contributed by atoms with Crippen LogP contribution in [0.2, 0.25) is 0 Å². The summed E-state index contributed by atoms with van der Waals surface area (Å²) in [5.41, 5.74) is 1.40. The number of nitrogens with one attached hydrogen (secondary N) is 1. The van der Waals surface area contributed by atoms with Gasteiger partial charge in [-0.05, 0) is 42.5 Å². The van der Waals surface area contributed by atoms with E-state index in [1.807, 2.05) is 0 Å². The molecule has 4 N–H and O–H groups in total. The van der Waals surface area contributed by atoms with Crippen molar-refractivity contribution in [2.45, 2.75) is 76.2 Å². The fourth-order valence-corrected chi connectivity index (χ4v) is 5.92. The van der Waals surface area contributed by atoms with Gasteiger partial charge in [-0.1, -0.05) is 26.2 Å². The number of rotatable bonds is 10. The number of aliphatic hydroxyl groups is 3. The Balaban J connectivity index is 1.79. The monoisotopic (exact) mass is 530 g/mol. The number of hydrogen-bond acceptors (Lipinski definition) is 8. The zero-order valence-corrected chi connectivity index (χ0v) is 22.0. The lowest BCUT2D eigenvalue weighted by Crippen LogP contribution is -2.57. The zero-order valence-electron chi connectivity index (χ0n) is 22.0. The summed E-state index contributed by atoms with van der Waals surface area (Å²) in [5.74, 6) is -1.50. The average molecular weight is 531 g/mol. The van der Waals surface area contributed by atoms with Crippen molar-refractivity contribution < 1.29 is 39.2 Å². The lowest BCUT2D eigenvalue weighted by molar-refractivity contribution is -0.149. The second kappa shape index (κ2) is 12.3. The second-order valence-electron chi connectivity index (χ2n) is 10.3. The number of amides is 2. The fraction of sp³-hybridized carbons (Fsp3) is 0.607. The summed E-state index contributed by atoms with van der Waals surface area (Å²) >= 11 is 0. The van der Waals surface area contributed by atoms with E-state index in [1.54, 1.807) is 25.1 Å². The number of fused-ring (bicyclic) bond motifs is 3. The topological polar surface area (TPSA) is 146 Å². The highest BCUT2D eigenvalue weighted by atomic mass is 16.5. The van der Waals surface area contributed by atoms with Crippen LogP contribution in [0.1, 0.15) is 62.5 Å². The smallest absolute Gasteiger partial charge is 0.290 e. The van der Waals surface area contributed by atoms with Crippen LogP contribution < -0.4 is 14.8 Å². The van der Waals surface area contributed by atoms with Crippen molar-refractivity contribution in [1.29, 1.82) is 0 Å². The largest absolute Gasteiger partial charge is 0.493 e. The average Bonchev–Trinajstić information content (AvgIpc) is 3.34. The van der Waals surface area contributed by atoms with Crippen LogP contribution in [-0.2, 0) is 21.0 Å². The van der Waals surface area contributed by atoms with Crippen molar-refractivity contribution in [3.8, 4) is 11.5 Å². The van der Waals surface area contributed by atoms with Gasteiger partial charge < -0.3 is 35.0 Å². The molecule has 3 aliphatic rings. The quantitative estimate of drug-likeness (QED) is 0.330. The lowest BCUT2D eigenvalue weighted by atomic mass is 9.76. The van der Waals surface area contributed by atoms with Crippen molar-refractivity contribution in [2.75, 3.05) is 26.8 Å². The van der Waals surface area contributed by atoms with Gasteiger partial charge in [0, 0.05) is 30.6 Å². The van der Waals surface area contributed by atoms with E-state index in [1.165, 1.54) is 12.0 Å². The molecule has 0 aromatic heterocycles. The molecule has 4 rings (SSSR count). The fourth-order valence-electron chi connectivity index (χ4n) is 5.92. The zero-order chi connectivity index (χ0) is 27.4. The molecule has 4 atom stereocenters. The van der Waals surface area contributed by atoms with E-state index in [0.29, 0.717) is 29.2 Å². The Hall–Kier alpha value is -2.95. The van der Waals surface area contributed by atoms with Crippen LogP contribution >= 0.6 is 0 Å². The van der Waals surface area contributed by atoms with Crippen LogP contribution in [0, 0.1) is 5.92 Å². The van der Waals surface area contributed by atoms with Gasteiger partial charge in [-0.25, -0.2) is 0 Å². The number of ketones is 1. The summed E-state index contributed by atoms with van der Waals surface area (Å²) in [6.07, 6.45) is 4.50. The first kappa shape index (κ1) is 28.1. The Labute approximate surface area is 222 Å². The summed E-state index contributed by atoms with van der Waals surface area (Å²) in [6, 6.07) is 2.39. The molecule has 10 heteroatoms. The van der Waals surface area contributed by atoms with Crippen molar-refractivity contribution in [3.63, 3.8) is 0 Å². The van der Waals surface area contributed by atoms with Crippen LogP contribution in [0.3, 0.4) is 0 Å². The van der Waals surface area contributed by atoms with Crippen LogP contribution in [0.4, 0.5) is 0 Å². The molecule has 208 valence electrons. The molecule has 1 aromatic rings. The molecule has 0 saturated heterocycles. The van der Waals surface area contributed by atoms with Crippen LogP contribution in [0.25, 0.3) is 0 Å². The first-order valence-electron chi connectivity index (χ1n) is 13.4. The first-order chi connectivity index (χ1) is 18.3. The third-order valence-corrected chi connectivity index (χ3v) is 7.85. The highest BCUT2D eigenvalue weighted by molar-refractivity contribution is 6.36. The number of carbonyl (C=O) groups is 3. The molecular weight excluding hydrogens is 492 g/mol. The lowest BCUT2D eigenvalue weighted by Gasteiger charge is -2.42. The summed E-state index contributed by atoms with van der Waals surface area (Å²) in [5, 5.41) is 33.4. The van der Waals surface area contributed by atoms with E-state index in [9.17, 15) is 29.7 Å². The standard InChI is InChI=1S/C28H38N2O8/c1-3-21(33)28(36)30(14-16-7-5-4-6-8-16)20-13-19(27(35)29-9-10-31)23-18-11-17(15-32)12-22(37-2)25(18)38-26(23)24(20)34/h11-13,16,20,23-24,26,31-32,34H,3-10,14-15H2,1-2H3,(H,29,35). The minimum Gasteiger partial charge on any atom is -0.493 e. The van der Waals surface area contributed by atoms with E-state index in [-0.39, 0.29) is 37.7 Å². The van der Waals surface area contributed by atoms with Crippen molar-refractivity contribution in [1.82, 2.24) is 10.2 Å². The van der Waals surface area contributed by atoms with E-state index >= 15 is 0 Å². The van der Waals surface area contributed by atoms with E-state index in [4.69, 9.17) is 9.47 Å². The SMILES string of the molecule is CCC(=O)C(=O)N(CC1CCCCC1)C1C=C(C(=O)NCCO)C2c3cc(CO)cc(OC)c3OC2C1O. The van der Waals surface area contributed by atoms with Gasteiger partial charge in [-0.3, -0.25) is 14.4 Å². The predicted octanol–water partition coefficient (Wildman–Crippen LogP) is 1.20. The third kappa shape index (κ3) is 5.43. The molecule has 2 amide bonds. The van der Waals surface area contributed by atoms with Crippen LogP contribution in [-0.4, -0.2) is 82.9 Å². The summed E-state index contributed by atoms with van der Waals surface area (Å²) < 4.78 is 11.7. The molecule has 0 spiro atoms. The first-order valence-corrected chi connectivity index (χ1v) is 13.4. The Morgan fingerprint density at radius 3 is 2.53 bits per heavy atom. The number of ether oxygens (including phenoxy) is 2. The van der Waals surface area contributed by atoms with E-state index in [2.05, 4.69) is 5.32 Å². The molecule has 0 bridgehead atoms. The molecule has 1 saturated carbocycles. The Kier molecular flexibility index (Phi) is 9.07. The van der Waals surface area contributed by atoms with Crippen molar-refractivity contribution in [3.05, 3.63) is 34.9 Å². The molecule has 38 heavy (non-hydrogen) atoms. The molecule has 0 radical (unpaired) electrons. The van der Waals surface area contributed by atoms with Gasteiger partial charge in [0.25, 0.3) is 5.91 Å². The number of methoxy groups -OCH3 is 1. The molecule has 1 heterocycles. The number of carbonyl (C=O) groups excluding carboxylic acids is 3. The molecule has 1 aliphatic heterocycles. The molecule has 4 unspecified atom stereocenters. The molecular formula is C28H38N2O8. The van der Waals surface area contributed by atoms with Gasteiger partial charge >= 0.3 is 0 Å². The molecule has 10 nitrogen and oxygen atoms in total. The van der Waals surface area contributed by atoms with Gasteiger partial charge in [0.15, 0.2) is 11.5 Å². The van der Waals surface area contributed by atoms with Gasteiger partial charge in [0.1, 0.15) is 12.2 Å². The minimum absolute atomic E-state index is 0.0214. The summed E-state index contributed by atoms with van der Waals surface area (Å²) in [7, 11) is 1.47. The predicted molar refractivity (Wildman–Crippen MR) is 138 cm³/mol. The molecule has 1 fully saturated rings. The Morgan fingerprint density at radius 2 is 1.89 bits per heavy atom. The normalized spacial score (nSPS) is 24.5. The van der Waals surface area contributed by atoms with Crippen molar-refractivity contribution >= 4 is 17.6 Å². The maximum atomic E-state index is 13.4. The number of benzene rings is 1. The Bertz CT molecular complexity index is 1080. The molecule has 1 aromatic carbocycles. The van der Waals surface area contributed by atoms with Gasteiger partial charge in [-0.15, -0.1) is 0 Å². The van der Waals surface area contributed by atoms with Gasteiger partial charge in [-0.2, -0.15) is 0 Å². The van der Waals surface area contributed by atoms with E-state index in [0.717, 1.165) is 32.1 Å². The summed E-state index contributed by atoms with van der Waals surface area (Å²) in [4.78, 5) is 40.7. The highest BCUT2D eigenvalue weighted by Crippen LogP contribution is 2.51. The third-order valence-electron chi connectivity index (χ3n) is 7.85. The second-order valence-corrected chi connectivity index (χ2v) is 10.3. The highest BCUT2D eigenvalue weighted by Gasteiger charge is 2.52. The minimum atomic E-state index is -1.23. The van der Waals surface area contributed by atoms with Gasteiger partial charge in [0.2, 0.25) is 11.7 Å². The summed E-state index contributed by atoms with van der Waals surface area (Å²) in [6.45, 7) is 1.43. The number of nitrogens with zero attached hydrogens (tertiary/aromatic N) is 1. The van der Waals surface area contributed by atoms with Crippen molar-refractivity contribution in [2.24, 2.45) is 5.92 Å². The number of hydrogen-bond donors (Lipinski definition) is 4. The van der Waals surface area contributed by atoms with E-state index < -0.39 is 41.8 Å².